The lowest BCUT2D eigenvalue weighted by molar-refractivity contribution is -0.139. The van der Waals surface area contributed by atoms with E-state index >= 15 is 0 Å². The zero-order chi connectivity index (χ0) is 15.2. The lowest BCUT2D eigenvalue weighted by Gasteiger charge is -2.24. The second-order valence-corrected chi connectivity index (χ2v) is 6.62. The van der Waals surface area contributed by atoms with Gasteiger partial charge < -0.3 is 15.7 Å². The molecule has 114 valence electrons. The van der Waals surface area contributed by atoms with E-state index in [4.69, 9.17) is 0 Å². The Labute approximate surface area is 125 Å². The molecule has 0 spiro atoms. The van der Waals surface area contributed by atoms with Crippen molar-refractivity contribution in [2.24, 2.45) is 0 Å². The lowest BCUT2D eigenvalue weighted by Crippen LogP contribution is -2.47. The van der Waals surface area contributed by atoms with Gasteiger partial charge in [0.2, 0.25) is 0 Å². The first-order valence-electron chi connectivity index (χ1n) is 6.76. The summed E-state index contributed by atoms with van der Waals surface area (Å²) < 4.78 is 11.3. The van der Waals surface area contributed by atoms with Crippen molar-refractivity contribution >= 4 is 22.8 Å². The molecule has 1 fully saturated rings. The first kappa shape index (κ1) is 15.5. The Balaban J connectivity index is 1.93. The third-order valence-corrected chi connectivity index (χ3v) is 4.76. The summed E-state index contributed by atoms with van der Waals surface area (Å²) in [5.41, 5.74) is 0.518. The summed E-state index contributed by atoms with van der Waals surface area (Å²) in [6.45, 7) is 0. The number of hydrogen-bond donors (Lipinski definition) is 3. The van der Waals surface area contributed by atoms with Gasteiger partial charge in [0, 0.05) is 28.3 Å². The van der Waals surface area contributed by atoms with Crippen molar-refractivity contribution in [3.63, 3.8) is 0 Å². The maximum absolute atomic E-state index is 11.9. The Bertz CT molecular complexity index is 525. The molecule has 0 bridgehead atoms. The van der Waals surface area contributed by atoms with Crippen molar-refractivity contribution in [1.29, 1.82) is 0 Å². The minimum atomic E-state index is -1.11. The van der Waals surface area contributed by atoms with E-state index in [1.807, 2.05) is 0 Å². The molecular formula is C14H18N2O4S. The van der Waals surface area contributed by atoms with Crippen LogP contribution in [-0.2, 0) is 15.6 Å². The number of carbonyl (C=O) groups is 2. The van der Waals surface area contributed by atoms with Gasteiger partial charge in [0.15, 0.2) is 6.04 Å². The molecule has 0 unspecified atom stereocenters. The topological polar surface area (TPSA) is 95.5 Å². The van der Waals surface area contributed by atoms with Gasteiger partial charge in [-0.1, -0.05) is 30.3 Å². The van der Waals surface area contributed by atoms with Crippen LogP contribution in [0.4, 0.5) is 4.79 Å². The molecule has 1 aromatic rings. The number of carboxylic acid groups (broad SMARTS) is 1. The van der Waals surface area contributed by atoms with Gasteiger partial charge in [-0.25, -0.2) is 9.59 Å². The van der Waals surface area contributed by atoms with Crippen molar-refractivity contribution in [2.45, 2.75) is 24.9 Å². The number of hydrogen-bond acceptors (Lipinski definition) is 3. The number of amides is 2. The largest absolute Gasteiger partial charge is 0.479 e. The standard InChI is InChI=1S/C14H18N2O4S/c17-13(18)12(10-4-2-1-3-5-10)16-14(19)15-11-6-8-21(20)9-7-11/h1-5,11-12H,6-9H2,(H,17,18)(H2,15,16,19)/t11?,12-,21?/m0/s1. The van der Waals surface area contributed by atoms with Gasteiger partial charge in [-0.2, -0.15) is 0 Å². The van der Waals surface area contributed by atoms with E-state index in [0.29, 0.717) is 29.9 Å². The summed E-state index contributed by atoms with van der Waals surface area (Å²) in [5.74, 6) is 0.0407. The van der Waals surface area contributed by atoms with Crippen LogP contribution in [0.2, 0.25) is 0 Å². The maximum Gasteiger partial charge on any atom is 0.330 e. The first-order valence-corrected chi connectivity index (χ1v) is 8.25. The minimum Gasteiger partial charge on any atom is -0.479 e. The highest BCUT2D eigenvalue weighted by Gasteiger charge is 2.24. The van der Waals surface area contributed by atoms with Gasteiger partial charge in [0.25, 0.3) is 0 Å². The molecule has 6 nitrogen and oxygen atoms in total. The van der Waals surface area contributed by atoms with Crippen LogP contribution in [0, 0.1) is 0 Å². The fourth-order valence-electron chi connectivity index (χ4n) is 2.23. The molecule has 7 heteroatoms. The second-order valence-electron chi connectivity index (χ2n) is 4.92. The zero-order valence-electron chi connectivity index (χ0n) is 11.5. The van der Waals surface area contributed by atoms with Crippen molar-refractivity contribution < 1.29 is 18.9 Å². The predicted molar refractivity (Wildman–Crippen MR) is 79.4 cm³/mol. The summed E-state index contributed by atoms with van der Waals surface area (Å²) in [6, 6.07) is 6.90. The van der Waals surface area contributed by atoms with Crippen molar-refractivity contribution in [2.75, 3.05) is 11.5 Å². The number of benzene rings is 1. The van der Waals surface area contributed by atoms with Crippen molar-refractivity contribution in [3.8, 4) is 0 Å². The number of aliphatic carboxylic acids is 1. The third-order valence-electron chi connectivity index (χ3n) is 3.38. The summed E-state index contributed by atoms with van der Waals surface area (Å²) in [7, 11) is -0.789. The highest BCUT2D eigenvalue weighted by atomic mass is 32.2. The molecule has 1 aliphatic rings. The molecule has 1 atom stereocenters. The first-order chi connectivity index (χ1) is 10.1. The molecule has 0 aliphatic carbocycles. The molecule has 1 heterocycles. The summed E-state index contributed by atoms with van der Waals surface area (Å²) in [5, 5.41) is 14.4. The number of urea groups is 1. The molecule has 0 aromatic heterocycles. The number of carbonyl (C=O) groups excluding carboxylic acids is 1. The normalized spacial score (nSPS) is 23.0. The Morgan fingerprint density at radius 3 is 2.38 bits per heavy atom. The smallest absolute Gasteiger partial charge is 0.330 e. The van der Waals surface area contributed by atoms with Gasteiger partial charge in [-0.3, -0.25) is 4.21 Å². The average Bonchev–Trinajstić information content (AvgIpc) is 2.48. The van der Waals surface area contributed by atoms with Gasteiger partial charge in [0.1, 0.15) is 0 Å². The van der Waals surface area contributed by atoms with Crippen molar-refractivity contribution in [1.82, 2.24) is 10.6 Å². The highest BCUT2D eigenvalue weighted by Crippen LogP contribution is 2.13. The molecular weight excluding hydrogens is 292 g/mol. The van der Waals surface area contributed by atoms with Crippen LogP contribution in [0.15, 0.2) is 30.3 Å². The maximum atomic E-state index is 11.9. The van der Waals surface area contributed by atoms with E-state index < -0.39 is 28.8 Å². The van der Waals surface area contributed by atoms with Gasteiger partial charge in [-0.05, 0) is 18.4 Å². The molecule has 2 amide bonds. The second kappa shape index (κ2) is 7.21. The van der Waals surface area contributed by atoms with E-state index in [0.717, 1.165) is 0 Å². The summed E-state index contributed by atoms with van der Waals surface area (Å²) in [4.78, 5) is 23.2. The molecule has 1 aliphatic heterocycles. The SMILES string of the molecule is O=C(NC1CCS(=O)CC1)N[C@H](C(=O)O)c1ccccc1. The van der Waals surface area contributed by atoms with Crippen LogP contribution in [-0.4, -0.2) is 38.9 Å². The number of nitrogens with one attached hydrogen (secondary N) is 2. The third kappa shape index (κ3) is 4.56. The van der Waals surface area contributed by atoms with Crippen LogP contribution in [0.1, 0.15) is 24.4 Å². The Morgan fingerprint density at radius 2 is 1.81 bits per heavy atom. The monoisotopic (exact) mass is 310 g/mol. The minimum absolute atomic E-state index is 0.0482. The number of carboxylic acids is 1. The van der Waals surface area contributed by atoms with Gasteiger partial charge in [-0.15, -0.1) is 0 Å². The Kier molecular flexibility index (Phi) is 5.32. The molecule has 0 saturated carbocycles. The Hall–Kier alpha value is -1.89. The quantitative estimate of drug-likeness (QED) is 0.774. The molecule has 0 radical (unpaired) electrons. The highest BCUT2D eigenvalue weighted by molar-refractivity contribution is 7.85. The van der Waals surface area contributed by atoms with Gasteiger partial charge in [0.05, 0.1) is 0 Å². The lowest BCUT2D eigenvalue weighted by atomic mass is 10.1. The van der Waals surface area contributed by atoms with Crippen molar-refractivity contribution in [3.05, 3.63) is 35.9 Å². The van der Waals surface area contributed by atoms with Crippen LogP contribution < -0.4 is 10.6 Å². The molecule has 1 aromatic carbocycles. The molecule has 21 heavy (non-hydrogen) atoms. The zero-order valence-corrected chi connectivity index (χ0v) is 12.3. The molecule has 2 rings (SSSR count). The van der Waals surface area contributed by atoms with E-state index in [2.05, 4.69) is 10.6 Å². The summed E-state index contributed by atoms with van der Waals surface area (Å²) >= 11 is 0. The predicted octanol–water partition coefficient (Wildman–Crippen LogP) is 1.02. The Morgan fingerprint density at radius 1 is 1.19 bits per heavy atom. The summed E-state index contributed by atoms with van der Waals surface area (Å²) in [6.07, 6.45) is 1.31. The van der Waals surface area contributed by atoms with E-state index in [9.17, 15) is 18.9 Å². The van der Waals surface area contributed by atoms with E-state index in [1.165, 1.54) is 0 Å². The van der Waals surface area contributed by atoms with Gasteiger partial charge >= 0.3 is 12.0 Å². The van der Waals surface area contributed by atoms with Crippen LogP contribution in [0.5, 0.6) is 0 Å². The molecule has 3 N–H and O–H groups in total. The van der Waals surface area contributed by atoms with Crippen LogP contribution in [0.25, 0.3) is 0 Å². The average molecular weight is 310 g/mol. The fourth-order valence-corrected chi connectivity index (χ4v) is 3.53. The van der Waals surface area contributed by atoms with Crippen LogP contribution >= 0.6 is 0 Å². The van der Waals surface area contributed by atoms with E-state index in [1.54, 1.807) is 30.3 Å². The van der Waals surface area contributed by atoms with Crippen LogP contribution in [0.3, 0.4) is 0 Å². The molecule has 1 saturated heterocycles. The fraction of sp³-hybridized carbons (Fsp3) is 0.429. The number of rotatable bonds is 4. The van der Waals surface area contributed by atoms with E-state index in [-0.39, 0.29) is 6.04 Å².